The summed E-state index contributed by atoms with van der Waals surface area (Å²) < 4.78 is 11.7. The Morgan fingerprint density at radius 3 is 2.73 bits per heavy atom. The molecular weight excluding hydrogens is 274 g/mol. The van der Waals surface area contributed by atoms with Crippen LogP contribution in [0.3, 0.4) is 0 Å². The molecule has 2 atom stereocenters. The van der Waals surface area contributed by atoms with Gasteiger partial charge >= 0.3 is 0 Å². The average Bonchev–Trinajstić information content (AvgIpc) is 2.45. The summed E-state index contributed by atoms with van der Waals surface area (Å²) in [4.78, 5) is 2.47. The van der Waals surface area contributed by atoms with Crippen molar-refractivity contribution < 1.29 is 9.47 Å². The summed E-state index contributed by atoms with van der Waals surface area (Å²) in [5.74, 6) is 0.995. The Kier molecular flexibility index (Phi) is 6.47. The Morgan fingerprint density at radius 1 is 1.32 bits per heavy atom. The van der Waals surface area contributed by atoms with Gasteiger partial charge in [-0.2, -0.15) is 0 Å². The van der Waals surface area contributed by atoms with Crippen LogP contribution >= 0.6 is 0 Å². The van der Waals surface area contributed by atoms with E-state index in [1.807, 2.05) is 6.08 Å². The van der Waals surface area contributed by atoms with E-state index in [0.29, 0.717) is 12.2 Å². The fourth-order valence-electron chi connectivity index (χ4n) is 3.10. The van der Waals surface area contributed by atoms with Crippen LogP contribution in [0.1, 0.15) is 31.4 Å². The first-order chi connectivity index (χ1) is 10.6. The molecule has 0 radical (unpaired) electrons. The van der Waals surface area contributed by atoms with Crippen molar-refractivity contribution in [2.45, 2.75) is 45.8 Å². The van der Waals surface area contributed by atoms with Crippen LogP contribution in [0.5, 0.6) is 5.75 Å². The van der Waals surface area contributed by atoms with Crippen LogP contribution in [0.15, 0.2) is 30.9 Å². The Labute approximate surface area is 134 Å². The number of nitrogens with zero attached hydrogens (tertiary/aromatic N) is 1. The highest BCUT2D eigenvalue weighted by atomic mass is 16.5. The second kappa shape index (κ2) is 8.35. The summed E-state index contributed by atoms with van der Waals surface area (Å²) >= 11 is 0. The van der Waals surface area contributed by atoms with E-state index in [9.17, 15) is 0 Å². The van der Waals surface area contributed by atoms with Crippen LogP contribution in [-0.4, -0.2) is 43.3 Å². The number of benzene rings is 1. The van der Waals surface area contributed by atoms with E-state index >= 15 is 0 Å². The molecular formula is C19H29NO2. The van der Waals surface area contributed by atoms with Gasteiger partial charge in [-0.15, -0.1) is 6.58 Å². The number of ether oxygens (including phenoxy) is 2. The van der Waals surface area contributed by atoms with Gasteiger partial charge in [-0.1, -0.05) is 23.8 Å². The molecule has 122 valence electrons. The highest BCUT2D eigenvalue weighted by Gasteiger charge is 2.21. The first-order valence-corrected chi connectivity index (χ1v) is 8.29. The van der Waals surface area contributed by atoms with Gasteiger partial charge in [-0.05, 0) is 45.2 Å². The highest BCUT2D eigenvalue weighted by Crippen LogP contribution is 2.21. The predicted octanol–water partition coefficient (Wildman–Crippen LogP) is 3.60. The molecule has 0 bridgehead atoms. The van der Waals surface area contributed by atoms with Gasteiger partial charge in [-0.25, -0.2) is 0 Å². The predicted molar refractivity (Wildman–Crippen MR) is 91.6 cm³/mol. The summed E-state index contributed by atoms with van der Waals surface area (Å²) in [5, 5.41) is 0. The van der Waals surface area contributed by atoms with E-state index < -0.39 is 0 Å². The van der Waals surface area contributed by atoms with Gasteiger partial charge in [0.25, 0.3) is 0 Å². The molecule has 1 aliphatic rings. The van der Waals surface area contributed by atoms with Crippen molar-refractivity contribution in [2.24, 2.45) is 0 Å². The van der Waals surface area contributed by atoms with Crippen LogP contribution < -0.4 is 4.74 Å². The smallest absolute Gasteiger partial charge is 0.122 e. The number of hydrogen-bond donors (Lipinski definition) is 0. The zero-order chi connectivity index (χ0) is 15.9. The van der Waals surface area contributed by atoms with Gasteiger partial charge in [0.15, 0.2) is 0 Å². The molecule has 0 aliphatic carbocycles. The molecule has 1 saturated heterocycles. The Hall–Kier alpha value is -1.32. The topological polar surface area (TPSA) is 21.7 Å². The third-order valence-corrected chi connectivity index (χ3v) is 3.95. The molecule has 1 fully saturated rings. The van der Waals surface area contributed by atoms with Crippen molar-refractivity contribution in [3.8, 4) is 5.75 Å². The third kappa shape index (κ3) is 5.15. The molecule has 0 amide bonds. The first kappa shape index (κ1) is 17.0. The van der Waals surface area contributed by atoms with E-state index in [-0.39, 0.29) is 0 Å². The van der Waals surface area contributed by atoms with Crippen molar-refractivity contribution in [2.75, 3.05) is 26.2 Å². The Balaban J connectivity index is 1.78. The molecule has 1 aromatic carbocycles. The van der Waals surface area contributed by atoms with Crippen LogP contribution in [0.4, 0.5) is 0 Å². The fraction of sp³-hybridized carbons (Fsp3) is 0.579. The molecule has 0 unspecified atom stereocenters. The van der Waals surface area contributed by atoms with E-state index in [1.54, 1.807) is 0 Å². The largest absolute Gasteiger partial charge is 0.493 e. The molecule has 0 N–H and O–H groups in total. The maximum absolute atomic E-state index is 5.98. The second-order valence-corrected chi connectivity index (χ2v) is 6.32. The maximum Gasteiger partial charge on any atom is 0.122 e. The minimum absolute atomic E-state index is 0.334. The van der Waals surface area contributed by atoms with Crippen LogP contribution in [0.2, 0.25) is 0 Å². The zero-order valence-corrected chi connectivity index (χ0v) is 14.2. The molecule has 0 saturated carbocycles. The van der Waals surface area contributed by atoms with Crippen molar-refractivity contribution >= 4 is 0 Å². The minimum atomic E-state index is 0.334. The van der Waals surface area contributed by atoms with Gasteiger partial charge in [0.1, 0.15) is 5.75 Å². The van der Waals surface area contributed by atoms with E-state index in [2.05, 4.69) is 50.4 Å². The monoisotopic (exact) mass is 303 g/mol. The summed E-state index contributed by atoms with van der Waals surface area (Å²) in [6.07, 6.45) is 4.50. The number of morpholine rings is 1. The van der Waals surface area contributed by atoms with Gasteiger partial charge < -0.3 is 9.47 Å². The number of rotatable bonds is 7. The lowest BCUT2D eigenvalue weighted by Crippen LogP contribution is -2.45. The molecule has 1 aliphatic heterocycles. The SMILES string of the molecule is C=CCc1cc(C)ccc1OCCCN1C[C@@H](C)O[C@@H](C)C1. The first-order valence-electron chi connectivity index (χ1n) is 8.29. The normalized spacial score (nSPS) is 22.5. The number of allylic oxidation sites excluding steroid dienone is 1. The number of hydrogen-bond acceptors (Lipinski definition) is 3. The van der Waals surface area contributed by atoms with Crippen LogP contribution in [0, 0.1) is 6.92 Å². The summed E-state index contributed by atoms with van der Waals surface area (Å²) in [6.45, 7) is 14.1. The van der Waals surface area contributed by atoms with Crippen molar-refractivity contribution in [3.63, 3.8) is 0 Å². The van der Waals surface area contributed by atoms with E-state index in [1.165, 1.54) is 11.1 Å². The molecule has 1 heterocycles. The molecule has 2 rings (SSSR count). The van der Waals surface area contributed by atoms with Crippen molar-refractivity contribution in [3.05, 3.63) is 42.0 Å². The quantitative estimate of drug-likeness (QED) is 0.567. The van der Waals surface area contributed by atoms with Crippen LogP contribution in [-0.2, 0) is 11.2 Å². The van der Waals surface area contributed by atoms with Crippen molar-refractivity contribution in [1.82, 2.24) is 4.90 Å². The average molecular weight is 303 g/mol. The Bertz CT molecular complexity index is 476. The van der Waals surface area contributed by atoms with Crippen molar-refractivity contribution in [1.29, 1.82) is 0 Å². The van der Waals surface area contributed by atoms with E-state index in [4.69, 9.17) is 9.47 Å². The van der Waals surface area contributed by atoms with Gasteiger partial charge in [0.2, 0.25) is 0 Å². The molecule has 3 heteroatoms. The fourth-order valence-corrected chi connectivity index (χ4v) is 3.10. The Morgan fingerprint density at radius 2 is 2.05 bits per heavy atom. The lowest BCUT2D eigenvalue weighted by Gasteiger charge is -2.35. The summed E-state index contributed by atoms with van der Waals surface area (Å²) in [7, 11) is 0. The zero-order valence-electron chi connectivity index (χ0n) is 14.2. The number of aryl methyl sites for hydroxylation is 1. The lowest BCUT2D eigenvalue weighted by atomic mass is 10.1. The standard InChI is InChI=1S/C19H29NO2/c1-5-7-18-12-15(2)8-9-19(18)21-11-6-10-20-13-16(3)22-17(4)14-20/h5,8-9,12,16-17H,1,6-7,10-11,13-14H2,2-4H3/t16-,17+. The molecule has 0 spiro atoms. The van der Waals surface area contributed by atoms with Crippen LogP contribution in [0.25, 0.3) is 0 Å². The second-order valence-electron chi connectivity index (χ2n) is 6.32. The molecule has 0 aromatic heterocycles. The minimum Gasteiger partial charge on any atom is -0.493 e. The summed E-state index contributed by atoms with van der Waals surface area (Å²) in [6, 6.07) is 6.36. The van der Waals surface area contributed by atoms with Gasteiger partial charge in [0, 0.05) is 19.6 Å². The summed E-state index contributed by atoms with van der Waals surface area (Å²) in [5.41, 5.74) is 2.49. The van der Waals surface area contributed by atoms with Gasteiger partial charge in [0.05, 0.1) is 18.8 Å². The molecule has 22 heavy (non-hydrogen) atoms. The third-order valence-electron chi connectivity index (χ3n) is 3.95. The van der Waals surface area contributed by atoms with E-state index in [0.717, 1.165) is 44.8 Å². The highest BCUT2D eigenvalue weighted by molar-refractivity contribution is 5.38. The molecule has 3 nitrogen and oxygen atoms in total. The van der Waals surface area contributed by atoms with Gasteiger partial charge in [-0.3, -0.25) is 4.90 Å². The lowest BCUT2D eigenvalue weighted by molar-refractivity contribution is -0.0686. The molecule has 1 aromatic rings. The maximum atomic E-state index is 5.98.